The van der Waals surface area contributed by atoms with Crippen molar-refractivity contribution in [3.8, 4) is 6.07 Å². The van der Waals surface area contributed by atoms with Crippen molar-refractivity contribution in [2.45, 2.75) is 37.5 Å². The molecule has 13 heteroatoms. The topological polar surface area (TPSA) is 89.3 Å². The van der Waals surface area contributed by atoms with E-state index in [1.165, 1.54) is 40.5 Å². The first-order valence-corrected chi connectivity index (χ1v) is 12.6. The van der Waals surface area contributed by atoms with Gasteiger partial charge in [0.2, 0.25) is 0 Å². The number of nitrogens with zero attached hydrogens (tertiary/aromatic N) is 4. The van der Waals surface area contributed by atoms with Gasteiger partial charge in [-0.3, -0.25) is 14.5 Å². The van der Waals surface area contributed by atoms with Crippen molar-refractivity contribution in [2.24, 2.45) is 0 Å². The number of rotatable bonds is 5. The third kappa shape index (κ3) is 4.10. The van der Waals surface area contributed by atoms with Crippen molar-refractivity contribution in [2.75, 3.05) is 9.80 Å². The number of benzene rings is 1. The number of hydrogen-bond donors (Lipinski definition) is 1. The molecule has 1 saturated carbocycles. The Bertz CT molecular complexity index is 1500. The molecule has 3 aromatic rings. The number of hydrogen-bond acceptors (Lipinski definition) is 6. The summed E-state index contributed by atoms with van der Waals surface area (Å²) in [6.45, 7) is 0.200. The Hall–Kier alpha value is -3.89. The van der Waals surface area contributed by atoms with Gasteiger partial charge in [-0.25, -0.2) is 9.37 Å². The first-order valence-electron chi connectivity index (χ1n) is 11.3. The standard InChI is InChI=1S/C25H17F4N5O2S2/c26-20-16(21(35)32-13-15-4-2-9-38-15)5-1-6-19(20)34-23(37)33(22(36)24(34)7-3-8-24)14-10-17(25(27,28)29)18(11-30)31-12-14/h1-2,4-6,9-10,12H,3,7-8,13H2,(H,32,35). The summed E-state index contributed by atoms with van der Waals surface area (Å²) in [6, 6.07) is 9.79. The van der Waals surface area contributed by atoms with Crippen LogP contribution in [0.5, 0.6) is 0 Å². The minimum Gasteiger partial charge on any atom is -0.347 e. The van der Waals surface area contributed by atoms with E-state index < -0.39 is 40.6 Å². The summed E-state index contributed by atoms with van der Waals surface area (Å²) < 4.78 is 56.5. The van der Waals surface area contributed by atoms with Crippen LogP contribution in [0.25, 0.3) is 0 Å². The highest BCUT2D eigenvalue weighted by atomic mass is 32.1. The van der Waals surface area contributed by atoms with Crippen molar-refractivity contribution in [1.29, 1.82) is 5.26 Å². The van der Waals surface area contributed by atoms with Gasteiger partial charge in [-0.2, -0.15) is 18.4 Å². The molecule has 2 aromatic heterocycles. The van der Waals surface area contributed by atoms with Gasteiger partial charge in [-0.05, 0) is 61.1 Å². The van der Waals surface area contributed by atoms with Gasteiger partial charge >= 0.3 is 6.18 Å². The predicted octanol–water partition coefficient (Wildman–Crippen LogP) is 5.16. The average Bonchev–Trinajstić information content (AvgIpc) is 3.45. The van der Waals surface area contributed by atoms with Gasteiger partial charge in [0.15, 0.2) is 16.6 Å². The molecule has 1 spiro atoms. The van der Waals surface area contributed by atoms with E-state index in [0.29, 0.717) is 12.5 Å². The first kappa shape index (κ1) is 25.7. The number of nitriles is 1. The molecule has 1 aromatic carbocycles. The van der Waals surface area contributed by atoms with Crippen molar-refractivity contribution in [1.82, 2.24) is 10.3 Å². The number of anilines is 2. The highest BCUT2D eigenvalue weighted by molar-refractivity contribution is 7.81. The van der Waals surface area contributed by atoms with Gasteiger partial charge in [0.05, 0.1) is 35.2 Å². The lowest BCUT2D eigenvalue weighted by Crippen LogP contribution is -2.55. The predicted molar refractivity (Wildman–Crippen MR) is 135 cm³/mol. The van der Waals surface area contributed by atoms with E-state index in [-0.39, 0.29) is 41.4 Å². The average molecular weight is 560 g/mol. The van der Waals surface area contributed by atoms with E-state index in [2.05, 4.69) is 10.3 Å². The Morgan fingerprint density at radius 2 is 2.03 bits per heavy atom. The summed E-state index contributed by atoms with van der Waals surface area (Å²) in [5, 5.41) is 13.3. The van der Waals surface area contributed by atoms with E-state index in [1.807, 2.05) is 17.5 Å². The fraction of sp³-hybridized carbons (Fsp3) is 0.240. The van der Waals surface area contributed by atoms with Crippen LogP contribution in [0.4, 0.5) is 28.9 Å². The second-order valence-corrected chi connectivity index (χ2v) is 10.1. The van der Waals surface area contributed by atoms with Crippen molar-refractivity contribution >= 4 is 51.9 Å². The Morgan fingerprint density at radius 1 is 1.26 bits per heavy atom. The third-order valence-electron chi connectivity index (χ3n) is 6.60. The molecule has 0 unspecified atom stereocenters. The molecule has 7 nitrogen and oxygen atoms in total. The molecule has 0 radical (unpaired) electrons. The molecule has 1 saturated heterocycles. The lowest BCUT2D eigenvalue weighted by Gasteiger charge is -2.43. The van der Waals surface area contributed by atoms with E-state index >= 15 is 4.39 Å². The van der Waals surface area contributed by atoms with Crippen molar-refractivity contribution < 1.29 is 27.2 Å². The molecule has 194 valence electrons. The summed E-state index contributed by atoms with van der Waals surface area (Å²) in [6.07, 6.45) is -2.76. The van der Waals surface area contributed by atoms with Crippen LogP contribution in [-0.4, -0.2) is 27.4 Å². The second-order valence-electron chi connectivity index (χ2n) is 8.74. The van der Waals surface area contributed by atoms with Crippen LogP contribution in [0.3, 0.4) is 0 Å². The van der Waals surface area contributed by atoms with Gasteiger partial charge in [-0.1, -0.05) is 12.1 Å². The molecule has 1 aliphatic heterocycles. The van der Waals surface area contributed by atoms with Gasteiger partial charge in [-0.15, -0.1) is 11.3 Å². The SMILES string of the molecule is N#Cc1ncc(N2C(=O)C3(CCC3)N(c3cccc(C(=O)NCc4cccs4)c3F)C2=S)cc1C(F)(F)F. The molecular formula is C25H17F4N5O2S2. The fourth-order valence-corrected chi connectivity index (χ4v) is 5.71. The molecule has 1 N–H and O–H groups in total. The largest absolute Gasteiger partial charge is 0.419 e. The van der Waals surface area contributed by atoms with Gasteiger partial charge in [0.25, 0.3) is 11.8 Å². The minimum atomic E-state index is -4.90. The van der Waals surface area contributed by atoms with Crippen molar-refractivity contribution in [3.63, 3.8) is 0 Å². The number of amides is 2. The lowest BCUT2D eigenvalue weighted by atomic mass is 9.75. The van der Waals surface area contributed by atoms with Crippen LogP contribution in [-0.2, 0) is 17.5 Å². The summed E-state index contributed by atoms with van der Waals surface area (Å²) in [4.78, 5) is 33.0. The van der Waals surface area contributed by atoms with Gasteiger partial charge in [0, 0.05) is 4.88 Å². The summed E-state index contributed by atoms with van der Waals surface area (Å²) in [7, 11) is 0. The number of pyridine rings is 1. The number of alkyl halides is 3. The molecule has 2 aliphatic rings. The minimum absolute atomic E-state index is 0.132. The van der Waals surface area contributed by atoms with Crippen molar-refractivity contribution in [3.05, 3.63) is 75.5 Å². The summed E-state index contributed by atoms with van der Waals surface area (Å²) in [5.41, 5.74) is -4.15. The maximum Gasteiger partial charge on any atom is 0.419 e. The Labute approximate surface area is 223 Å². The monoisotopic (exact) mass is 559 g/mol. The molecule has 38 heavy (non-hydrogen) atoms. The number of thiocarbonyl (C=S) groups is 1. The van der Waals surface area contributed by atoms with E-state index in [1.54, 1.807) is 0 Å². The lowest BCUT2D eigenvalue weighted by molar-refractivity contribution is -0.138. The van der Waals surface area contributed by atoms with E-state index in [0.717, 1.165) is 16.0 Å². The van der Waals surface area contributed by atoms with E-state index in [9.17, 15) is 22.8 Å². The quantitative estimate of drug-likeness (QED) is 0.343. The Balaban J connectivity index is 1.52. The van der Waals surface area contributed by atoms with Gasteiger partial charge in [0.1, 0.15) is 11.6 Å². The molecular weight excluding hydrogens is 542 g/mol. The maximum absolute atomic E-state index is 15.8. The van der Waals surface area contributed by atoms with Crippen LogP contribution in [0.2, 0.25) is 0 Å². The molecule has 2 fully saturated rings. The number of thiophene rings is 1. The summed E-state index contributed by atoms with van der Waals surface area (Å²) in [5.74, 6) is -2.20. The molecule has 0 bridgehead atoms. The molecule has 2 amide bonds. The smallest absolute Gasteiger partial charge is 0.347 e. The van der Waals surface area contributed by atoms with Crippen LogP contribution in [0.15, 0.2) is 48.0 Å². The molecule has 1 aliphatic carbocycles. The molecule has 0 atom stereocenters. The molecule has 3 heterocycles. The van der Waals surface area contributed by atoms with Gasteiger partial charge < -0.3 is 10.2 Å². The normalized spacial score (nSPS) is 16.5. The second kappa shape index (κ2) is 9.45. The number of carbonyl (C=O) groups is 2. The van der Waals surface area contributed by atoms with Crippen LogP contribution in [0.1, 0.15) is 45.8 Å². The van der Waals surface area contributed by atoms with Crippen LogP contribution >= 0.6 is 23.6 Å². The highest BCUT2D eigenvalue weighted by Crippen LogP contribution is 2.49. The zero-order chi connectivity index (χ0) is 27.2. The third-order valence-corrected chi connectivity index (χ3v) is 7.84. The maximum atomic E-state index is 15.8. The summed E-state index contributed by atoms with van der Waals surface area (Å²) >= 11 is 6.95. The van der Waals surface area contributed by atoms with Crippen LogP contribution < -0.4 is 15.1 Å². The van der Waals surface area contributed by atoms with Crippen LogP contribution in [0, 0.1) is 17.1 Å². The Morgan fingerprint density at radius 3 is 2.63 bits per heavy atom. The number of aromatic nitrogens is 1. The first-order chi connectivity index (χ1) is 18.1. The van der Waals surface area contributed by atoms with E-state index in [4.69, 9.17) is 17.5 Å². The molecule has 5 rings (SSSR count). The zero-order valence-corrected chi connectivity index (χ0v) is 21.0. The Kier molecular flexibility index (Phi) is 6.40. The number of carbonyl (C=O) groups excluding carboxylic acids is 2. The number of halogens is 4. The zero-order valence-electron chi connectivity index (χ0n) is 19.4. The number of nitrogens with one attached hydrogen (secondary N) is 1. The fourth-order valence-electron chi connectivity index (χ4n) is 4.61. The highest BCUT2D eigenvalue weighted by Gasteiger charge is 2.60.